The number of primary amides is 1. The van der Waals surface area contributed by atoms with E-state index in [0.717, 1.165) is 18.8 Å². The van der Waals surface area contributed by atoms with Gasteiger partial charge in [0.15, 0.2) is 0 Å². The van der Waals surface area contributed by atoms with Crippen LogP contribution in [0, 0.1) is 0 Å². The van der Waals surface area contributed by atoms with Crippen LogP contribution in [0.2, 0.25) is 0 Å². The second-order valence-electron chi connectivity index (χ2n) is 3.65. The average molecular weight is 205 g/mol. The molecule has 15 heavy (non-hydrogen) atoms. The smallest absolute Gasteiger partial charge is 0.241 e. The van der Waals surface area contributed by atoms with E-state index < -0.39 is 0 Å². The van der Waals surface area contributed by atoms with Crippen LogP contribution in [0.3, 0.4) is 0 Å². The number of carbonyl (C=O) groups excluding carboxylic acids is 1. The molecule has 0 aromatic heterocycles. The molecule has 1 unspecified atom stereocenters. The summed E-state index contributed by atoms with van der Waals surface area (Å²) in [5.41, 5.74) is 6.43. The Labute approximate surface area is 89.1 Å². The zero-order valence-corrected chi connectivity index (χ0v) is 8.52. The molecule has 4 nitrogen and oxygen atoms in total. The van der Waals surface area contributed by atoms with Crippen LogP contribution in [0.1, 0.15) is 0 Å². The number of piperazine rings is 1. The summed E-state index contributed by atoms with van der Waals surface area (Å²) in [5.74, 6) is -0.272. The Morgan fingerprint density at radius 1 is 1.40 bits per heavy atom. The number of hydrogen-bond donors (Lipinski definition) is 2. The van der Waals surface area contributed by atoms with Gasteiger partial charge in [0.1, 0.15) is 6.04 Å². The van der Waals surface area contributed by atoms with Gasteiger partial charge in [0.25, 0.3) is 0 Å². The SMILES string of the molecule is NC(=O)C1CNCCN1c1ccccc1. The number of carbonyl (C=O) groups is 1. The average Bonchev–Trinajstić information content (AvgIpc) is 2.30. The van der Waals surface area contributed by atoms with Gasteiger partial charge >= 0.3 is 0 Å². The highest BCUT2D eigenvalue weighted by Gasteiger charge is 2.26. The number of nitrogens with zero attached hydrogens (tertiary/aromatic N) is 1. The van der Waals surface area contributed by atoms with Gasteiger partial charge in [-0.2, -0.15) is 0 Å². The standard InChI is InChI=1S/C11H15N3O/c12-11(15)10-8-13-6-7-14(10)9-4-2-1-3-5-9/h1-5,10,13H,6-8H2,(H2,12,15). The van der Waals surface area contributed by atoms with Gasteiger partial charge in [0.2, 0.25) is 5.91 Å². The Bertz CT molecular complexity index is 339. The first-order valence-electron chi connectivity index (χ1n) is 5.11. The summed E-state index contributed by atoms with van der Waals surface area (Å²) in [5, 5.41) is 3.17. The Balaban J connectivity index is 2.22. The lowest BCUT2D eigenvalue weighted by molar-refractivity contribution is -0.119. The zero-order valence-electron chi connectivity index (χ0n) is 8.52. The first-order valence-corrected chi connectivity index (χ1v) is 5.11. The Hall–Kier alpha value is -1.55. The van der Waals surface area contributed by atoms with Crippen LogP contribution >= 0.6 is 0 Å². The van der Waals surface area contributed by atoms with Crippen molar-refractivity contribution in [1.29, 1.82) is 0 Å². The molecule has 80 valence electrons. The van der Waals surface area contributed by atoms with Gasteiger partial charge in [-0.25, -0.2) is 0 Å². The summed E-state index contributed by atoms with van der Waals surface area (Å²) in [6.45, 7) is 2.33. The minimum Gasteiger partial charge on any atom is -0.368 e. The van der Waals surface area contributed by atoms with Crippen molar-refractivity contribution in [1.82, 2.24) is 5.32 Å². The molecule has 1 fully saturated rings. The van der Waals surface area contributed by atoms with Crippen molar-refractivity contribution in [3.05, 3.63) is 30.3 Å². The van der Waals surface area contributed by atoms with E-state index in [4.69, 9.17) is 5.73 Å². The van der Waals surface area contributed by atoms with Crippen molar-refractivity contribution < 1.29 is 4.79 Å². The number of anilines is 1. The largest absolute Gasteiger partial charge is 0.368 e. The molecule has 0 radical (unpaired) electrons. The van der Waals surface area contributed by atoms with E-state index in [0.29, 0.717) is 6.54 Å². The van der Waals surface area contributed by atoms with Crippen molar-refractivity contribution >= 4 is 11.6 Å². The van der Waals surface area contributed by atoms with Gasteiger partial charge in [0.05, 0.1) is 0 Å². The third kappa shape index (κ3) is 2.10. The molecular weight excluding hydrogens is 190 g/mol. The molecule has 0 spiro atoms. The number of rotatable bonds is 2. The molecule has 4 heteroatoms. The van der Waals surface area contributed by atoms with Gasteiger partial charge < -0.3 is 16.0 Å². The van der Waals surface area contributed by atoms with E-state index >= 15 is 0 Å². The Morgan fingerprint density at radius 2 is 2.13 bits per heavy atom. The molecule has 0 saturated carbocycles. The molecule has 1 aromatic carbocycles. The van der Waals surface area contributed by atoms with Gasteiger partial charge in [-0.15, -0.1) is 0 Å². The van der Waals surface area contributed by atoms with Crippen molar-refractivity contribution in [3.63, 3.8) is 0 Å². The van der Waals surface area contributed by atoms with E-state index in [9.17, 15) is 4.79 Å². The van der Waals surface area contributed by atoms with Crippen LogP contribution in [0.25, 0.3) is 0 Å². The van der Waals surface area contributed by atoms with Crippen LogP contribution in [0.4, 0.5) is 5.69 Å². The molecule has 1 aliphatic rings. The normalized spacial score (nSPS) is 21.3. The third-order valence-corrected chi connectivity index (χ3v) is 2.66. The fraction of sp³-hybridized carbons (Fsp3) is 0.364. The van der Waals surface area contributed by atoms with Crippen molar-refractivity contribution in [2.75, 3.05) is 24.5 Å². The summed E-state index contributed by atoms with van der Waals surface area (Å²) < 4.78 is 0. The fourth-order valence-electron chi connectivity index (χ4n) is 1.89. The summed E-state index contributed by atoms with van der Waals surface area (Å²) in [4.78, 5) is 13.3. The Morgan fingerprint density at radius 3 is 2.80 bits per heavy atom. The number of benzene rings is 1. The first-order chi connectivity index (χ1) is 7.29. The van der Waals surface area contributed by atoms with Crippen LogP contribution in [-0.2, 0) is 4.79 Å². The van der Waals surface area contributed by atoms with Crippen molar-refractivity contribution in [3.8, 4) is 0 Å². The lowest BCUT2D eigenvalue weighted by atomic mass is 10.1. The number of hydrogen-bond acceptors (Lipinski definition) is 3. The lowest BCUT2D eigenvalue weighted by Gasteiger charge is -2.35. The predicted octanol–water partition coefficient (Wildman–Crippen LogP) is -0.0499. The predicted molar refractivity (Wildman–Crippen MR) is 59.6 cm³/mol. The molecule has 1 aliphatic heterocycles. The van der Waals surface area contributed by atoms with E-state index in [1.165, 1.54) is 0 Å². The lowest BCUT2D eigenvalue weighted by Crippen LogP contribution is -2.57. The molecule has 1 atom stereocenters. The number of nitrogens with one attached hydrogen (secondary N) is 1. The maximum atomic E-state index is 11.3. The van der Waals surface area contributed by atoms with Gasteiger partial charge in [0, 0.05) is 25.3 Å². The van der Waals surface area contributed by atoms with Crippen LogP contribution < -0.4 is 16.0 Å². The Kier molecular flexibility index (Phi) is 2.87. The minimum atomic E-state index is -0.272. The molecule has 0 bridgehead atoms. The molecule has 1 amide bonds. The quantitative estimate of drug-likeness (QED) is 0.711. The minimum absolute atomic E-state index is 0.235. The molecular formula is C11H15N3O. The first kappa shape index (κ1) is 9.98. The molecule has 3 N–H and O–H groups in total. The summed E-state index contributed by atoms with van der Waals surface area (Å²) in [6, 6.07) is 9.67. The van der Waals surface area contributed by atoms with E-state index in [-0.39, 0.29) is 11.9 Å². The van der Waals surface area contributed by atoms with Crippen molar-refractivity contribution in [2.24, 2.45) is 5.73 Å². The monoisotopic (exact) mass is 205 g/mol. The number of amides is 1. The second-order valence-corrected chi connectivity index (χ2v) is 3.65. The highest BCUT2D eigenvalue weighted by atomic mass is 16.1. The molecule has 1 heterocycles. The van der Waals surface area contributed by atoms with E-state index in [1.54, 1.807) is 0 Å². The third-order valence-electron chi connectivity index (χ3n) is 2.66. The highest BCUT2D eigenvalue weighted by Crippen LogP contribution is 2.17. The van der Waals surface area contributed by atoms with Gasteiger partial charge in [-0.1, -0.05) is 18.2 Å². The number of para-hydroxylation sites is 1. The van der Waals surface area contributed by atoms with Crippen LogP contribution in [-0.4, -0.2) is 31.6 Å². The van der Waals surface area contributed by atoms with Crippen molar-refractivity contribution in [2.45, 2.75) is 6.04 Å². The van der Waals surface area contributed by atoms with Crippen LogP contribution in [0.5, 0.6) is 0 Å². The van der Waals surface area contributed by atoms with E-state index in [1.807, 2.05) is 30.3 Å². The maximum Gasteiger partial charge on any atom is 0.241 e. The molecule has 1 aromatic rings. The fourth-order valence-corrected chi connectivity index (χ4v) is 1.89. The molecule has 1 saturated heterocycles. The summed E-state index contributed by atoms with van der Waals surface area (Å²) in [6.07, 6.45) is 0. The van der Waals surface area contributed by atoms with Crippen LogP contribution in [0.15, 0.2) is 30.3 Å². The molecule has 0 aliphatic carbocycles. The van der Waals surface area contributed by atoms with Gasteiger partial charge in [-0.05, 0) is 12.1 Å². The molecule has 2 rings (SSSR count). The maximum absolute atomic E-state index is 11.3. The summed E-state index contributed by atoms with van der Waals surface area (Å²) in [7, 11) is 0. The number of nitrogens with two attached hydrogens (primary N) is 1. The van der Waals surface area contributed by atoms with Gasteiger partial charge in [-0.3, -0.25) is 4.79 Å². The second kappa shape index (κ2) is 4.31. The zero-order chi connectivity index (χ0) is 10.7. The summed E-state index contributed by atoms with van der Waals surface area (Å²) >= 11 is 0. The van der Waals surface area contributed by atoms with E-state index in [2.05, 4.69) is 10.2 Å². The topological polar surface area (TPSA) is 58.4 Å². The highest BCUT2D eigenvalue weighted by molar-refractivity contribution is 5.84.